The van der Waals surface area contributed by atoms with E-state index < -0.39 is 0 Å². The third-order valence-electron chi connectivity index (χ3n) is 12.7. The minimum absolute atomic E-state index is 0.340. The highest BCUT2D eigenvalue weighted by Crippen LogP contribution is 2.63. The highest BCUT2D eigenvalue weighted by Gasteiger charge is 2.51. The first-order valence-corrected chi connectivity index (χ1v) is 21.0. The van der Waals surface area contributed by atoms with E-state index in [1.54, 1.807) is 0 Å². The van der Waals surface area contributed by atoms with Gasteiger partial charge in [0.1, 0.15) is 0 Å². The Hall–Kier alpha value is -7.94. The van der Waals surface area contributed by atoms with Crippen LogP contribution in [0.4, 0.5) is 0 Å². The molecule has 9 aromatic carbocycles. The molecule has 12 rings (SSSR count). The third kappa shape index (κ3) is 5.64. The van der Waals surface area contributed by atoms with E-state index in [0.717, 1.165) is 39.2 Å². The highest BCUT2D eigenvalue weighted by atomic mass is 14.9. The molecule has 1 aromatic heterocycles. The maximum Gasteiger partial charge on any atom is 0.160 e. The summed E-state index contributed by atoms with van der Waals surface area (Å²) >= 11 is 0. The van der Waals surface area contributed by atoms with Gasteiger partial charge in [0.15, 0.2) is 5.82 Å². The molecule has 10 aromatic rings. The molecule has 0 N–H and O–H groups in total. The van der Waals surface area contributed by atoms with E-state index in [1.165, 1.54) is 66.8 Å². The maximum absolute atomic E-state index is 5.16. The van der Waals surface area contributed by atoms with E-state index in [0.29, 0.717) is 5.82 Å². The van der Waals surface area contributed by atoms with Gasteiger partial charge in [0, 0.05) is 16.7 Å². The molecule has 0 bridgehead atoms. The third-order valence-corrected chi connectivity index (χ3v) is 12.7. The highest BCUT2D eigenvalue weighted by molar-refractivity contribution is 5.96. The summed E-state index contributed by atoms with van der Waals surface area (Å²) in [6, 6.07) is 83.3. The lowest BCUT2D eigenvalue weighted by Gasteiger charge is -2.30. The second-order valence-corrected chi connectivity index (χ2v) is 16.1. The molecule has 0 amide bonds. The van der Waals surface area contributed by atoms with Crippen molar-refractivity contribution in [3.05, 3.63) is 253 Å². The molecule has 2 aliphatic rings. The van der Waals surface area contributed by atoms with E-state index >= 15 is 0 Å². The van der Waals surface area contributed by atoms with Crippen molar-refractivity contribution in [3.8, 4) is 89.5 Å². The number of aromatic nitrogens is 2. The Morgan fingerprint density at radius 2 is 0.607 bits per heavy atom. The SMILES string of the molecule is c1ccc(-c2ccc(-c3cc(-c4cccc(-c5cccc(-c6ccc7c(c6)-c6ccccc6C76c7ccccc7-c7ccccc76)c5)c4)nc(-c4ccccc4)n3)cc2)cc1. The molecule has 284 valence electrons. The van der Waals surface area contributed by atoms with E-state index in [1.807, 2.05) is 24.3 Å². The van der Waals surface area contributed by atoms with Gasteiger partial charge in [-0.25, -0.2) is 9.97 Å². The predicted octanol–water partition coefficient (Wildman–Crippen LogP) is 14.8. The van der Waals surface area contributed by atoms with Crippen molar-refractivity contribution in [3.63, 3.8) is 0 Å². The zero-order valence-corrected chi connectivity index (χ0v) is 33.3. The van der Waals surface area contributed by atoms with E-state index in [2.05, 4.69) is 206 Å². The molecule has 0 unspecified atom stereocenters. The van der Waals surface area contributed by atoms with E-state index in [4.69, 9.17) is 9.97 Å². The summed E-state index contributed by atoms with van der Waals surface area (Å²) in [7, 11) is 0. The molecular weight excluding hydrogens is 737 g/mol. The standard InChI is InChI=1S/C59H38N2/c1-3-15-39(16-4-1)40-29-31-41(32-30-40)56-38-57(61-58(60-56)42-17-5-2-6-18-42)47-22-14-21-45(36-47)43-19-13-20-44(35-43)46-33-34-55-51(37-46)50-25-9-12-28-54(50)59(55)52-26-10-7-23-48(52)49-24-8-11-27-53(49)59/h1-38H. The minimum Gasteiger partial charge on any atom is -0.228 e. The molecule has 61 heavy (non-hydrogen) atoms. The van der Waals surface area contributed by atoms with Crippen molar-refractivity contribution in [2.24, 2.45) is 0 Å². The second kappa shape index (κ2) is 14.1. The molecule has 0 saturated carbocycles. The van der Waals surface area contributed by atoms with Crippen LogP contribution in [0.2, 0.25) is 0 Å². The van der Waals surface area contributed by atoms with Gasteiger partial charge in [0.25, 0.3) is 0 Å². The second-order valence-electron chi connectivity index (χ2n) is 16.1. The van der Waals surface area contributed by atoms with Crippen LogP contribution in [0.15, 0.2) is 231 Å². The summed E-state index contributed by atoms with van der Waals surface area (Å²) in [5.41, 5.74) is 22.3. The average Bonchev–Trinajstić information content (AvgIpc) is 3.82. The first-order valence-electron chi connectivity index (χ1n) is 21.0. The fraction of sp³-hybridized carbons (Fsp3) is 0.0169. The van der Waals surface area contributed by atoms with Crippen LogP contribution in [0.1, 0.15) is 22.3 Å². The van der Waals surface area contributed by atoms with Gasteiger partial charge >= 0.3 is 0 Å². The van der Waals surface area contributed by atoms with Gasteiger partial charge in [-0.15, -0.1) is 0 Å². The van der Waals surface area contributed by atoms with Crippen molar-refractivity contribution in [1.29, 1.82) is 0 Å². The van der Waals surface area contributed by atoms with Crippen LogP contribution < -0.4 is 0 Å². The molecule has 2 aliphatic carbocycles. The lowest BCUT2D eigenvalue weighted by Crippen LogP contribution is -2.25. The predicted molar refractivity (Wildman–Crippen MR) is 251 cm³/mol. The van der Waals surface area contributed by atoms with Gasteiger partial charge < -0.3 is 0 Å². The summed E-state index contributed by atoms with van der Waals surface area (Å²) in [5.74, 6) is 0.706. The Balaban J connectivity index is 0.928. The van der Waals surface area contributed by atoms with Crippen molar-refractivity contribution in [2.45, 2.75) is 5.41 Å². The number of nitrogens with zero attached hydrogens (tertiary/aromatic N) is 2. The molecule has 0 fully saturated rings. The largest absolute Gasteiger partial charge is 0.228 e. The van der Waals surface area contributed by atoms with Crippen LogP contribution in [-0.4, -0.2) is 9.97 Å². The van der Waals surface area contributed by atoms with Crippen molar-refractivity contribution < 1.29 is 0 Å². The van der Waals surface area contributed by atoms with Crippen LogP contribution in [0.25, 0.3) is 89.5 Å². The summed E-state index contributed by atoms with van der Waals surface area (Å²) < 4.78 is 0. The molecule has 0 saturated heterocycles. The first kappa shape index (κ1) is 35.0. The number of benzene rings is 9. The molecule has 2 heteroatoms. The van der Waals surface area contributed by atoms with Crippen molar-refractivity contribution in [1.82, 2.24) is 9.97 Å². The van der Waals surface area contributed by atoms with Gasteiger partial charge in [-0.1, -0.05) is 206 Å². The van der Waals surface area contributed by atoms with Gasteiger partial charge in [-0.3, -0.25) is 0 Å². The fourth-order valence-corrected chi connectivity index (χ4v) is 9.94. The first-order chi connectivity index (χ1) is 30.2. The Labute approximate surface area is 356 Å². The molecule has 2 nitrogen and oxygen atoms in total. The van der Waals surface area contributed by atoms with Crippen LogP contribution in [0.3, 0.4) is 0 Å². The lowest BCUT2D eigenvalue weighted by atomic mass is 9.70. The van der Waals surface area contributed by atoms with Gasteiger partial charge in [0.2, 0.25) is 0 Å². The molecule has 0 radical (unpaired) electrons. The number of rotatable bonds is 6. The Kier molecular flexibility index (Phi) is 8.11. The van der Waals surface area contributed by atoms with Crippen LogP contribution in [-0.2, 0) is 5.41 Å². The van der Waals surface area contributed by atoms with Gasteiger partial charge in [-0.2, -0.15) is 0 Å². The van der Waals surface area contributed by atoms with Crippen LogP contribution in [0, 0.1) is 0 Å². The monoisotopic (exact) mass is 774 g/mol. The van der Waals surface area contributed by atoms with Crippen molar-refractivity contribution >= 4 is 0 Å². The van der Waals surface area contributed by atoms with Gasteiger partial charge in [0.05, 0.1) is 16.8 Å². The summed E-state index contributed by atoms with van der Waals surface area (Å²) in [6.07, 6.45) is 0. The average molecular weight is 775 g/mol. The zero-order valence-electron chi connectivity index (χ0n) is 33.3. The van der Waals surface area contributed by atoms with Gasteiger partial charge in [-0.05, 0) is 102 Å². The Morgan fingerprint density at radius 3 is 1.20 bits per heavy atom. The lowest BCUT2D eigenvalue weighted by molar-refractivity contribution is 0.794. The Bertz CT molecular complexity index is 3250. The summed E-state index contributed by atoms with van der Waals surface area (Å²) in [4.78, 5) is 10.3. The maximum atomic E-state index is 5.16. The van der Waals surface area contributed by atoms with E-state index in [9.17, 15) is 0 Å². The summed E-state index contributed by atoms with van der Waals surface area (Å²) in [5, 5.41) is 0. The Morgan fingerprint density at radius 1 is 0.230 bits per heavy atom. The van der Waals surface area contributed by atoms with Crippen LogP contribution in [0.5, 0.6) is 0 Å². The number of fused-ring (bicyclic) bond motifs is 10. The molecule has 0 atom stereocenters. The van der Waals surface area contributed by atoms with Crippen molar-refractivity contribution in [2.75, 3.05) is 0 Å². The minimum atomic E-state index is -0.340. The quantitative estimate of drug-likeness (QED) is 0.168. The molecular formula is C59H38N2. The molecule has 1 spiro atoms. The molecule has 0 aliphatic heterocycles. The number of hydrogen-bond donors (Lipinski definition) is 0. The normalized spacial score (nSPS) is 12.7. The summed E-state index contributed by atoms with van der Waals surface area (Å²) in [6.45, 7) is 0. The topological polar surface area (TPSA) is 25.8 Å². The molecule has 1 heterocycles. The zero-order chi connectivity index (χ0) is 40.3. The number of hydrogen-bond acceptors (Lipinski definition) is 2. The fourth-order valence-electron chi connectivity index (χ4n) is 9.94. The van der Waals surface area contributed by atoms with E-state index in [-0.39, 0.29) is 5.41 Å². The smallest absolute Gasteiger partial charge is 0.160 e. The van der Waals surface area contributed by atoms with Crippen LogP contribution >= 0.6 is 0 Å².